The maximum Gasteiger partial charge on any atom is 0.0482 e. The molecule has 0 amide bonds. The number of aromatic nitrogens is 1. The lowest BCUT2D eigenvalue weighted by Gasteiger charge is -2.34. The minimum absolute atomic E-state index is 0.102. The summed E-state index contributed by atoms with van der Waals surface area (Å²) < 4.78 is 2.16. The highest BCUT2D eigenvalue weighted by molar-refractivity contribution is 6.34. The van der Waals surface area contributed by atoms with Gasteiger partial charge in [-0.3, -0.25) is 0 Å². The van der Waals surface area contributed by atoms with Gasteiger partial charge in [0.05, 0.1) is 0 Å². The van der Waals surface area contributed by atoms with E-state index in [2.05, 4.69) is 30.7 Å². The van der Waals surface area contributed by atoms with Crippen LogP contribution in [0.25, 0.3) is 5.69 Å². The predicted octanol–water partition coefficient (Wildman–Crippen LogP) is 4.76. The van der Waals surface area contributed by atoms with Crippen LogP contribution in [0.1, 0.15) is 37.6 Å². The van der Waals surface area contributed by atoms with Crippen molar-refractivity contribution in [2.24, 2.45) is 11.1 Å². The van der Waals surface area contributed by atoms with Gasteiger partial charge in [-0.15, -0.1) is 0 Å². The Morgan fingerprint density at radius 3 is 2.50 bits per heavy atom. The van der Waals surface area contributed by atoms with Gasteiger partial charge in [0.1, 0.15) is 0 Å². The summed E-state index contributed by atoms with van der Waals surface area (Å²) in [6.45, 7) is 4.52. The molecular formula is C16H18Cl2N2. The van der Waals surface area contributed by atoms with Gasteiger partial charge in [0.25, 0.3) is 0 Å². The molecule has 1 atom stereocenters. The number of hydrogen-bond donors (Lipinski definition) is 1. The van der Waals surface area contributed by atoms with Crippen LogP contribution in [-0.2, 0) is 6.42 Å². The zero-order valence-electron chi connectivity index (χ0n) is 11.7. The Morgan fingerprint density at radius 1 is 1.20 bits per heavy atom. The van der Waals surface area contributed by atoms with E-state index in [1.807, 2.05) is 12.1 Å². The summed E-state index contributed by atoms with van der Waals surface area (Å²) in [6, 6.07) is 7.83. The van der Waals surface area contributed by atoms with E-state index >= 15 is 0 Å². The average Bonchev–Trinajstić information content (AvgIpc) is 2.69. The summed E-state index contributed by atoms with van der Waals surface area (Å²) >= 11 is 12.2. The summed E-state index contributed by atoms with van der Waals surface area (Å²) in [5, 5.41) is 1.30. The van der Waals surface area contributed by atoms with Crippen molar-refractivity contribution in [3.63, 3.8) is 0 Å². The lowest BCUT2D eigenvalue weighted by molar-refractivity contribution is 0.278. The molecule has 1 unspecified atom stereocenters. The maximum absolute atomic E-state index is 6.31. The van der Waals surface area contributed by atoms with Crippen LogP contribution in [0.4, 0.5) is 0 Å². The van der Waals surface area contributed by atoms with Crippen LogP contribution in [0.3, 0.4) is 0 Å². The average molecular weight is 309 g/mol. The van der Waals surface area contributed by atoms with Crippen LogP contribution in [0, 0.1) is 5.41 Å². The molecule has 1 aromatic heterocycles. The monoisotopic (exact) mass is 308 g/mol. The van der Waals surface area contributed by atoms with Gasteiger partial charge in [0.2, 0.25) is 0 Å². The molecule has 0 radical (unpaired) electrons. The van der Waals surface area contributed by atoms with E-state index in [0.717, 1.165) is 18.5 Å². The third kappa shape index (κ3) is 2.48. The van der Waals surface area contributed by atoms with Crippen LogP contribution in [0.5, 0.6) is 0 Å². The van der Waals surface area contributed by atoms with E-state index in [-0.39, 0.29) is 11.5 Å². The van der Waals surface area contributed by atoms with Crippen LogP contribution in [0.2, 0.25) is 10.0 Å². The molecule has 3 rings (SSSR count). The third-order valence-corrected chi connectivity index (χ3v) is 4.41. The Balaban J connectivity index is 2.13. The van der Waals surface area contributed by atoms with Crippen LogP contribution >= 0.6 is 23.2 Å². The number of rotatable bonds is 1. The maximum atomic E-state index is 6.31. The smallest absolute Gasteiger partial charge is 0.0482 e. The molecule has 1 aliphatic carbocycles. The highest BCUT2D eigenvalue weighted by Gasteiger charge is 2.32. The molecule has 0 saturated heterocycles. The molecule has 0 fully saturated rings. The summed E-state index contributed by atoms with van der Waals surface area (Å²) in [4.78, 5) is 0. The Kier molecular flexibility index (Phi) is 3.36. The topological polar surface area (TPSA) is 30.9 Å². The molecule has 0 saturated carbocycles. The van der Waals surface area contributed by atoms with Crippen molar-refractivity contribution in [3.8, 4) is 5.69 Å². The molecule has 2 N–H and O–H groups in total. The molecule has 1 aliphatic rings. The molecule has 0 aliphatic heterocycles. The Labute approximate surface area is 129 Å². The fourth-order valence-corrected chi connectivity index (χ4v) is 3.67. The molecule has 0 spiro atoms. The number of benzene rings is 1. The van der Waals surface area contributed by atoms with Gasteiger partial charge < -0.3 is 10.3 Å². The van der Waals surface area contributed by atoms with E-state index in [1.54, 1.807) is 6.07 Å². The number of fused-ring (bicyclic) bond motifs is 1. The van der Waals surface area contributed by atoms with Gasteiger partial charge in [-0.1, -0.05) is 37.0 Å². The SMILES string of the molecule is CC1(C)Cc2c(ccn2-c2cc(Cl)cc(Cl)c2)C(N)C1. The van der Waals surface area contributed by atoms with E-state index in [9.17, 15) is 0 Å². The molecule has 2 aromatic rings. The second-order valence-electron chi connectivity index (χ2n) is 6.37. The van der Waals surface area contributed by atoms with Crippen molar-refractivity contribution >= 4 is 23.2 Å². The zero-order chi connectivity index (χ0) is 14.5. The van der Waals surface area contributed by atoms with E-state index < -0.39 is 0 Å². The molecule has 1 aromatic carbocycles. The Morgan fingerprint density at radius 2 is 1.85 bits per heavy atom. The molecule has 4 heteroatoms. The quantitative estimate of drug-likeness (QED) is 0.809. The number of hydrogen-bond acceptors (Lipinski definition) is 1. The van der Waals surface area contributed by atoms with Gasteiger partial charge in [-0.05, 0) is 48.1 Å². The summed E-state index contributed by atoms with van der Waals surface area (Å²) in [6.07, 6.45) is 4.08. The van der Waals surface area contributed by atoms with Crippen LogP contribution in [0.15, 0.2) is 30.5 Å². The number of nitrogens with zero attached hydrogens (tertiary/aromatic N) is 1. The van der Waals surface area contributed by atoms with Gasteiger partial charge in [-0.2, -0.15) is 0 Å². The molecule has 20 heavy (non-hydrogen) atoms. The van der Waals surface area contributed by atoms with E-state index in [1.165, 1.54) is 11.3 Å². The second-order valence-corrected chi connectivity index (χ2v) is 7.24. The molecule has 106 valence electrons. The highest BCUT2D eigenvalue weighted by atomic mass is 35.5. The first-order chi connectivity index (χ1) is 9.35. The Hall–Kier alpha value is -0.960. The lowest BCUT2D eigenvalue weighted by Crippen LogP contribution is -2.30. The summed E-state index contributed by atoms with van der Waals surface area (Å²) in [5.41, 5.74) is 10.0. The van der Waals surface area contributed by atoms with Crippen LogP contribution in [-0.4, -0.2) is 4.57 Å². The molecule has 2 nitrogen and oxygen atoms in total. The Bertz CT molecular complexity index is 638. The highest BCUT2D eigenvalue weighted by Crippen LogP contribution is 2.41. The van der Waals surface area contributed by atoms with E-state index in [0.29, 0.717) is 10.0 Å². The summed E-state index contributed by atoms with van der Waals surface area (Å²) in [5.74, 6) is 0. The minimum Gasteiger partial charge on any atom is -0.324 e. The fourth-order valence-electron chi connectivity index (χ4n) is 3.16. The normalized spacial score (nSPS) is 20.8. The molecule has 1 heterocycles. The van der Waals surface area contributed by atoms with Gasteiger partial charge in [0.15, 0.2) is 0 Å². The van der Waals surface area contributed by atoms with Crippen molar-refractivity contribution in [2.45, 2.75) is 32.7 Å². The minimum atomic E-state index is 0.102. The van der Waals surface area contributed by atoms with Crippen molar-refractivity contribution in [1.29, 1.82) is 0 Å². The van der Waals surface area contributed by atoms with Crippen molar-refractivity contribution in [2.75, 3.05) is 0 Å². The first kappa shape index (κ1) is 14.0. The number of nitrogens with two attached hydrogens (primary N) is 1. The molecular weight excluding hydrogens is 291 g/mol. The van der Waals surface area contributed by atoms with E-state index in [4.69, 9.17) is 28.9 Å². The first-order valence-electron chi connectivity index (χ1n) is 6.78. The van der Waals surface area contributed by atoms with Crippen molar-refractivity contribution in [3.05, 3.63) is 51.8 Å². The fraction of sp³-hybridized carbons (Fsp3) is 0.375. The van der Waals surface area contributed by atoms with Gasteiger partial charge >= 0.3 is 0 Å². The van der Waals surface area contributed by atoms with Crippen molar-refractivity contribution in [1.82, 2.24) is 4.57 Å². The standard InChI is InChI=1S/C16H18Cl2N2/c1-16(2)8-14(19)13-3-4-20(15(13)9-16)12-6-10(17)5-11(18)7-12/h3-7,14H,8-9,19H2,1-2H3. The zero-order valence-corrected chi connectivity index (χ0v) is 13.2. The summed E-state index contributed by atoms with van der Waals surface area (Å²) in [7, 11) is 0. The number of halogens is 2. The largest absolute Gasteiger partial charge is 0.324 e. The predicted molar refractivity (Wildman–Crippen MR) is 84.8 cm³/mol. The second kappa shape index (κ2) is 4.80. The first-order valence-corrected chi connectivity index (χ1v) is 7.53. The third-order valence-electron chi connectivity index (χ3n) is 3.97. The van der Waals surface area contributed by atoms with Crippen molar-refractivity contribution < 1.29 is 0 Å². The molecule has 0 bridgehead atoms. The van der Waals surface area contributed by atoms with Gasteiger partial charge in [-0.25, -0.2) is 0 Å². The lowest BCUT2D eigenvalue weighted by atomic mass is 9.74. The van der Waals surface area contributed by atoms with Gasteiger partial charge in [0, 0.05) is 33.7 Å². The van der Waals surface area contributed by atoms with Crippen LogP contribution < -0.4 is 5.73 Å².